The van der Waals surface area contributed by atoms with Crippen molar-refractivity contribution in [3.8, 4) is 0 Å². The number of carbonyl (C=O) groups is 2. The molecule has 1 aliphatic carbocycles. The first-order valence-corrected chi connectivity index (χ1v) is 9.38. The molecule has 1 heterocycles. The molecular weight excluding hydrogens is 348 g/mol. The van der Waals surface area contributed by atoms with Crippen LogP contribution in [0.2, 0.25) is 5.02 Å². The number of nitrogens with one attached hydrogen (secondary N) is 1. The van der Waals surface area contributed by atoms with Crippen LogP contribution in [0.1, 0.15) is 24.0 Å². The van der Waals surface area contributed by atoms with E-state index in [1.54, 1.807) is 12.1 Å². The lowest BCUT2D eigenvalue weighted by atomic mass is 10.0. The van der Waals surface area contributed by atoms with Gasteiger partial charge in [-0.25, -0.2) is 0 Å². The Labute approximate surface area is 158 Å². The van der Waals surface area contributed by atoms with E-state index in [1.807, 2.05) is 36.1 Å². The van der Waals surface area contributed by atoms with E-state index >= 15 is 0 Å². The Morgan fingerprint density at radius 2 is 1.96 bits per heavy atom. The predicted molar refractivity (Wildman–Crippen MR) is 104 cm³/mol. The van der Waals surface area contributed by atoms with Crippen LogP contribution in [0.3, 0.4) is 0 Å². The summed E-state index contributed by atoms with van der Waals surface area (Å²) >= 11 is 5.96. The number of aryl methyl sites for hydroxylation is 2. The van der Waals surface area contributed by atoms with Crippen molar-refractivity contribution < 1.29 is 9.59 Å². The number of para-hydroxylation sites is 1. The number of anilines is 2. The van der Waals surface area contributed by atoms with Crippen LogP contribution >= 0.6 is 11.6 Å². The second kappa shape index (κ2) is 6.76. The van der Waals surface area contributed by atoms with E-state index in [0.717, 1.165) is 36.3 Å². The molecule has 1 fully saturated rings. The van der Waals surface area contributed by atoms with Crippen LogP contribution in [0.15, 0.2) is 42.5 Å². The highest BCUT2D eigenvalue weighted by Crippen LogP contribution is 2.43. The van der Waals surface area contributed by atoms with Crippen molar-refractivity contribution in [3.63, 3.8) is 0 Å². The van der Waals surface area contributed by atoms with E-state index in [0.29, 0.717) is 11.4 Å². The van der Waals surface area contributed by atoms with Gasteiger partial charge in [0, 0.05) is 22.9 Å². The molecule has 2 unspecified atom stereocenters. The van der Waals surface area contributed by atoms with Crippen molar-refractivity contribution in [1.82, 2.24) is 0 Å². The summed E-state index contributed by atoms with van der Waals surface area (Å²) in [5.41, 5.74) is 3.88. The first kappa shape index (κ1) is 17.1. The maximum absolute atomic E-state index is 12.9. The fourth-order valence-corrected chi connectivity index (χ4v) is 3.94. The second-order valence-corrected chi connectivity index (χ2v) is 7.56. The lowest BCUT2D eigenvalue weighted by molar-refractivity contribution is -0.123. The molecule has 0 radical (unpaired) electrons. The molecule has 1 aliphatic heterocycles. The number of halogens is 1. The van der Waals surface area contributed by atoms with Gasteiger partial charge in [0.25, 0.3) is 0 Å². The Bertz CT molecular complexity index is 880. The number of rotatable bonds is 3. The van der Waals surface area contributed by atoms with E-state index in [4.69, 9.17) is 11.6 Å². The summed E-state index contributed by atoms with van der Waals surface area (Å²) in [5.74, 6) is -0.468. The monoisotopic (exact) mass is 368 g/mol. The van der Waals surface area contributed by atoms with E-state index in [9.17, 15) is 9.59 Å². The molecule has 2 atom stereocenters. The van der Waals surface area contributed by atoms with Crippen molar-refractivity contribution >= 4 is 34.8 Å². The quantitative estimate of drug-likeness (QED) is 0.882. The van der Waals surface area contributed by atoms with Gasteiger partial charge in [0.2, 0.25) is 11.8 Å². The maximum Gasteiger partial charge on any atom is 0.230 e. The molecule has 2 aromatic carbocycles. The second-order valence-electron chi connectivity index (χ2n) is 7.12. The zero-order valence-corrected chi connectivity index (χ0v) is 15.4. The first-order chi connectivity index (χ1) is 12.5. The standard InChI is InChI=1S/C21H21ClN2O2/c1-13-11-15(22)8-9-18(13)23-20(25)16-12-17(16)21(26)24-10-4-6-14-5-2-3-7-19(14)24/h2-3,5,7-9,11,16-17H,4,6,10,12H2,1H3,(H,23,25). The highest BCUT2D eigenvalue weighted by atomic mass is 35.5. The molecule has 4 rings (SSSR count). The zero-order chi connectivity index (χ0) is 18.3. The van der Waals surface area contributed by atoms with Crippen LogP contribution < -0.4 is 10.2 Å². The van der Waals surface area contributed by atoms with Gasteiger partial charge in [0.15, 0.2) is 0 Å². The molecule has 2 amide bonds. The average molecular weight is 369 g/mol. The Balaban J connectivity index is 1.44. The van der Waals surface area contributed by atoms with Gasteiger partial charge >= 0.3 is 0 Å². The van der Waals surface area contributed by atoms with Gasteiger partial charge in [-0.15, -0.1) is 0 Å². The summed E-state index contributed by atoms with van der Waals surface area (Å²) in [6, 6.07) is 13.4. The number of hydrogen-bond donors (Lipinski definition) is 1. The molecule has 4 nitrogen and oxygen atoms in total. The maximum atomic E-state index is 12.9. The Hall–Kier alpha value is -2.33. The van der Waals surface area contributed by atoms with Crippen LogP contribution in [0, 0.1) is 18.8 Å². The molecule has 134 valence electrons. The topological polar surface area (TPSA) is 49.4 Å². The van der Waals surface area contributed by atoms with Crippen molar-refractivity contribution in [2.75, 3.05) is 16.8 Å². The van der Waals surface area contributed by atoms with Crippen LogP contribution in [0.5, 0.6) is 0 Å². The van der Waals surface area contributed by atoms with Crippen LogP contribution in [-0.2, 0) is 16.0 Å². The predicted octanol–water partition coefficient (Wildman–Crippen LogP) is 4.20. The van der Waals surface area contributed by atoms with Crippen LogP contribution in [-0.4, -0.2) is 18.4 Å². The number of hydrogen-bond acceptors (Lipinski definition) is 2. The Morgan fingerprint density at radius 3 is 2.77 bits per heavy atom. The van der Waals surface area contributed by atoms with Gasteiger partial charge < -0.3 is 10.2 Å². The first-order valence-electron chi connectivity index (χ1n) is 9.01. The third kappa shape index (κ3) is 3.21. The van der Waals surface area contributed by atoms with Gasteiger partial charge in [0.05, 0.1) is 11.8 Å². The molecule has 0 aromatic heterocycles. The highest BCUT2D eigenvalue weighted by molar-refractivity contribution is 6.30. The average Bonchev–Trinajstić information content (AvgIpc) is 3.44. The molecule has 2 aromatic rings. The summed E-state index contributed by atoms with van der Waals surface area (Å²) in [6.45, 7) is 2.64. The van der Waals surface area contributed by atoms with Gasteiger partial charge in [0.1, 0.15) is 0 Å². The minimum Gasteiger partial charge on any atom is -0.326 e. The number of fused-ring (bicyclic) bond motifs is 1. The molecule has 26 heavy (non-hydrogen) atoms. The van der Waals surface area contributed by atoms with Crippen LogP contribution in [0.25, 0.3) is 0 Å². The molecule has 0 saturated heterocycles. The summed E-state index contributed by atoms with van der Waals surface area (Å²) in [6.07, 6.45) is 2.59. The third-order valence-electron chi connectivity index (χ3n) is 5.27. The van der Waals surface area contributed by atoms with Gasteiger partial charge in [-0.3, -0.25) is 9.59 Å². The van der Waals surface area contributed by atoms with E-state index < -0.39 is 0 Å². The molecular formula is C21H21ClN2O2. The molecule has 1 N–H and O–H groups in total. The van der Waals surface area contributed by atoms with Crippen LogP contribution in [0.4, 0.5) is 11.4 Å². The minimum atomic E-state index is -0.244. The lowest BCUT2D eigenvalue weighted by Gasteiger charge is -2.29. The summed E-state index contributed by atoms with van der Waals surface area (Å²) in [4.78, 5) is 27.3. The van der Waals surface area contributed by atoms with Gasteiger partial charge in [-0.2, -0.15) is 0 Å². The number of nitrogens with zero attached hydrogens (tertiary/aromatic N) is 1. The molecule has 5 heteroatoms. The fourth-order valence-electron chi connectivity index (χ4n) is 3.71. The minimum absolute atomic E-state index is 0.0742. The van der Waals surface area contributed by atoms with Gasteiger partial charge in [-0.05, 0) is 61.6 Å². The third-order valence-corrected chi connectivity index (χ3v) is 5.50. The highest BCUT2D eigenvalue weighted by Gasteiger charge is 2.50. The lowest BCUT2D eigenvalue weighted by Crippen LogP contribution is -2.37. The van der Waals surface area contributed by atoms with E-state index in [2.05, 4.69) is 11.4 Å². The fraction of sp³-hybridized carbons (Fsp3) is 0.333. The van der Waals surface area contributed by atoms with Crippen molar-refractivity contribution in [2.24, 2.45) is 11.8 Å². The van der Waals surface area contributed by atoms with Gasteiger partial charge in [-0.1, -0.05) is 29.8 Å². The summed E-state index contributed by atoms with van der Waals surface area (Å²) in [5, 5.41) is 3.58. The number of carbonyl (C=O) groups excluding carboxylic acids is 2. The van der Waals surface area contributed by atoms with Crippen molar-refractivity contribution in [2.45, 2.75) is 26.2 Å². The Morgan fingerprint density at radius 1 is 1.15 bits per heavy atom. The SMILES string of the molecule is Cc1cc(Cl)ccc1NC(=O)C1CC1C(=O)N1CCCc2ccccc21. The molecule has 0 spiro atoms. The normalized spacial score (nSPS) is 21.1. The van der Waals surface area contributed by atoms with E-state index in [1.165, 1.54) is 5.56 Å². The zero-order valence-electron chi connectivity index (χ0n) is 14.7. The molecule has 2 aliphatic rings. The van der Waals surface area contributed by atoms with Crippen molar-refractivity contribution in [3.05, 3.63) is 58.6 Å². The number of amides is 2. The Kier molecular flexibility index (Phi) is 4.45. The molecule has 1 saturated carbocycles. The largest absolute Gasteiger partial charge is 0.326 e. The summed E-state index contributed by atoms with van der Waals surface area (Å²) < 4.78 is 0. The van der Waals surface area contributed by atoms with E-state index in [-0.39, 0.29) is 23.7 Å². The molecule has 0 bridgehead atoms. The smallest absolute Gasteiger partial charge is 0.230 e. The number of benzene rings is 2. The summed E-state index contributed by atoms with van der Waals surface area (Å²) in [7, 11) is 0. The van der Waals surface area contributed by atoms with Crippen molar-refractivity contribution in [1.29, 1.82) is 0 Å².